The van der Waals surface area contributed by atoms with Crippen molar-refractivity contribution in [2.24, 2.45) is 7.05 Å². The van der Waals surface area contributed by atoms with E-state index in [0.717, 1.165) is 16.9 Å². The highest BCUT2D eigenvalue weighted by atomic mass is 15.3. The summed E-state index contributed by atoms with van der Waals surface area (Å²) in [5, 5.41) is 5.78. The quantitative estimate of drug-likeness (QED) is 0.697. The number of hydrogen-bond donors (Lipinski definition) is 0. The highest BCUT2D eigenvalue weighted by Crippen LogP contribution is 2.31. The summed E-state index contributed by atoms with van der Waals surface area (Å²) in [5.41, 5.74) is 5.84. The van der Waals surface area contributed by atoms with Gasteiger partial charge in [0.15, 0.2) is 0 Å². The number of aromatic nitrogens is 3. The second-order valence-electron chi connectivity index (χ2n) is 5.85. The average Bonchev–Trinajstić information content (AvgIpc) is 2.46. The van der Waals surface area contributed by atoms with Crippen LogP contribution >= 0.6 is 0 Å². The third kappa shape index (κ3) is 1.74. The van der Waals surface area contributed by atoms with Crippen LogP contribution < -0.4 is 0 Å². The van der Waals surface area contributed by atoms with Gasteiger partial charge in [0.25, 0.3) is 0 Å². The van der Waals surface area contributed by atoms with E-state index in [2.05, 4.69) is 46.6 Å². The second-order valence-corrected chi connectivity index (χ2v) is 5.85. The molecule has 17 heavy (non-hydrogen) atoms. The van der Waals surface area contributed by atoms with Crippen molar-refractivity contribution in [3.05, 3.63) is 22.6 Å². The molecule has 0 atom stereocenters. The van der Waals surface area contributed by atoms with Crippen LogP contribution in [0.25, 0.3) is 10.9 Å². The third-order valence-corrected chi connectivity index (χ3v) is 3.29. The maximum absolute atomic E-state index is 4.79. The maximum Gasteiger partial charge on any atom is 0.0897 e. The first-order chi connectivity index (χ1) is 7.73. The molecule has 0 saturated carbocycles. The standard InChI is InChI=1S/C14H21N3/c1-8-11-9(2)16-17(7)12(11)10(3)15-13(8)14(4,5)6/h1-7H3. The van der Waals surface area contributed by atoms with Crippen LogP contribution in [0.15, 0.2) is 0 Å². The van der Waals surface area contributed by atoms with Crippen molar-refractivity contribution < 1.29 is 0 Å². The molecule has 2 rings (SSSR count). The van der Waals surface area contributed by atoms with Gasteiger partial charge in [0.1, 0.15) is 0 Å². The first kappa shape index (κ1) is 12.1. The molecule has 0 aliphatic heterocycles. The van der Waals surface area contributed by atoms with E-state index in [-0.39, 0.29) is 5.41 Å². The summed E-state index contributed by atoms with van der Waals surface area (Å²) < 4.78 is 1.94. The molecule has 2 heterocycles. The van der Waals surface area contributed by atoms with Crippen molar-refractivity contribution in [3.63, 3.8) is 0 Å². The molecule has 2 aromatic rings. The summed E-state index contributed by atoms with van der Waals surface area (Å²) in [6.45, 7) is 12.9. The normalized spacial score (nSPS) is 12.4. The molecule has 0 bridgehead atoms. The van der Waals surface area contributed by atoms with Crippen LogP contribution in [-0.4, -0.2) is 14.8 Å². The van der Waals surface area contributed by atoms with Gasteiger partial charge in [-0.1, -0.05) is 20.8 Å². The fourth-order valence-corrected chi connectivity index (χ4v) is 2.68. The van der Waals surface area contributed by atoms with E-state index in [4.69, 9.17) is 4.98 Å². The minimum atomic E-state index is 0.0747. The fourth-order valence-electron chi connectivity index (χ4n) is 2.68. The lowest BCUT2D eigenvalue weighted by molar-refractivity contribution is 0.564. The Morgan fingerprint density at radius 2 is 1.59 bits per heavy atom. The van der Waals surface area contributed by atoms with E-state index in [0.29, 0.717) is 0 Å². The van der Waals surface area contributed by atoms with Gasteiger partial charge in [-0.2, -0.15) is 5.10 Å². The minimum Gasteiger partial charge on any atom is -0.266 e. The van der Waals surface area contributed by atoms with E-state index in [1.54, 1.807) is 0 Å². The second kappa shape index (κ2) is 3.56. The van der Waals surface area contributed by atoms with Crippen LogP contribution in [0.3, 0.4) is 0 Å². The number of hydrogen-bond acceptors (Lipinski definition) is 2. The largest absolute Gasteiger partial charge is 0.266 e. The highest BCUT2D eigenvalue weighted by molar-refractivity contribution is 5.87. The monoisotopic (exact) mass is 231 g/mol. The molecule has 0 amide bonds. The van der Waals surface area contributed by atoms with Crippen molar-refractivity contribution >= 4 is 10.9 Å². The lowest BCUT2D eigenvalue weighted by Gasteiger charge is -2.21. The van der Waals surface area contributed by atoms with Gasteiger partial charge in [-0.15, -0.1) is 0 Å². The van der Waals surface area contributed by atoms with Crippen LogP contribution in [0.4, 0.5) is 0 Å². The molecule has 0 saturated heterocycles. The average molecular weight is 231 g/mol. The summed E-state index contributed by atoms with van der Waals surface area (Å²) in [7, 11) is 1.99. The topological polar surface area (TPSA) is 30.7 Å². The Hall–Kier alpha value is -1.38. The molecule has 3 nitrogen and oxygen atoms in total. The number of aryl methyl sites for hydroxylation is 4. The molecular weight excluding hydrogens is 210 g/mol. The van der Waals surface area contributed by atoms with Crippen LogP contribution in [0.2, 0.25) is 0 Å². The minimum absolute atomic E-state index is 0.0747. The van der Waals surface area contributed by atoms with Crippen molar-refractivity contribution in [2.45, 2.75) is 47.0 Å². The Bertz CT molecular complexity index is 586. The summed E-state index contributed by atoms with van der Waals surface area (Å²) in [6, 6.07) is 0. The van der Waals surface area contributed by atoms with Gasteiger partial charge in [0, 0.05) is 23.5 Å². The fraction of sp³-hybridized carbons (Fsp3) is 0.571. The van der Waals surface area contributed by atoms with Gasteiger partial charge in [-0.25, -0.2) is 0 Å². The summed E-state index contributed by atoms with van der Waals surface area (Å²) in [4.78, 5) is 4.79. The molecule has 2 aromatic heterocycles. The van der Waals surface area contributed by atoms with E-state index in [9.17, 15) is 0 Å². The van der Waals surface area contributed by atoms with Crippen LogP contribution in [0.1, 0.15) is 43.4 Å². The van der Waals surface area contributed by atoms with E-state index < -0.39 is 0 Å². The lowest BCUT2D eigenvalue weighted by Crippen LogP contribution is -2.16. The molecule has 0 unspecified atom stereocenters. The van der Waals surface area contributed by atoms with E-state index in [1.165, 1.54) is 16.6 Å². The molecule has 0 fully saturated rings. The van der Waals surface area contributed by atoms with Gasteiger partial charge in [-0.05, 0) is 26.3 Å². The molecule has 0 N–H and O–H groups in total. The molecule has 0 radical (unpaired) electrons. The summed E-state index contributed by atoms with van der Waals surface area (Å²) in [5.74, 6) is 0. The Kier molecular flexibility index (Phi) is 2.53. The van der Waals surface area contributed by atoms with E-state index >= 15 is 0 Å². The number of nitrogens with zero attached hydrogens (tertiary/aromatic N) is 3. The number of fused-ring (bicyclic) bond motifs is 1. The van der Waals surface area contributed by atoms with Crippen LogP contribution in [0, 0.1) is 20.8 Å². The Balaban J connectivity index is 2.95. The zero-order chi connectivity index (χ0) is 13.0. The zero-order valence-electron chi connectivity index (χ0n) is 11.8. The van der Waals surface area contributed by atoms with Gasteiger partial charge in [-0.3, -0.25) is 9.67 Å². The maximum atomic E-state index is 4.79. The van der Waals surface area contributed by atoms with Gasteiger partial charge >= 0.3 is 0 Å². The Morgan fingerprint density at radius 3 is 2.12 bits per heavy atom. The predicted molar refractivity (Wildman–Crippen MR) is 71.4 cm³/mol. The molecule has 0 aliphatic rings. The van der Waals surface area contributed by atoms with Crippen LogP contribution in [-0.2, 0) is 12.5 Å². The Morgan fingerprint density at radius 1 is 1.00 bits per heavy atom. The van der Waals surface area contributed by atoms with Gasteiger partial charge in [0.05, 0.1) is 16.9 Å². The van der Waals surface area contributed by atoms with Gasteiger partial charge < -0.3 is 0 Å². The number of pyridine rings is 1. The van der Waals surface area contributed by atoms with Crippen LogP contribution in [0.5, 0.6) is 0 Å². The molecule has 0 aliphatic carbocycles. The molecule has 92 valence electrons. The zero-order valence-corrected chi connectivity index (χ0v) is 11.8. The summed E-state index contributed by atoms with van der Waals surface area (Å²) in [6.07, 6.45) is 0. The molecule has 0 spiro atoms. The third-order valence-electron chi connectivity index (χ3n) is 3.29. The molecule has 3 heteroatoms. The van der Waals surface area contributed by atoms with E-state index in [1.807, 2.05) is 11.7 Å². The van der Waals surface area contributed by atoms with Crippen molar-refractivity contribution in [1.29, 1.82) is 0 Å². The first-order valence-electron chi connectivity index (χ1n) is 6.04. The SMILES string of the molecule is Cc1nn(C)c2c(C)nc(C(C)(C)C)c(C)c12. The smallest absolute Gasteiger partial charge is 0.0897 e. The van der Waals surface area contributed by atoms with Crippen molar-refractivity contribution in [3.8, 4) is 0 Å². The number of rotatable bonds is 0. The molecule has 0 aromatic carbocycles. The Labute approximate surface area is 103 Å². The molecular formula is C14H21N3. The predicted octanol–water partition coefficient (Wildman–Crippen LogP) is 3.19. The summed E-state index contributed by atoms with van der Waals surface area (Å²) >= 11 is 0. The van der Waals surface area contributed by atoms with Crippen molar-refractivity contribution in [1.82, 2.24) is 14.8 Å². The van der Waals surface area contributed by atoms with Gasteiger partial charge in [0.2, 0.25) is 0 Å². The highest BCUT2D eigenvalue weighted by Gasteiger charge is 2.23. The lowest BCUT2D eigenvalue weighted by atomic mass is 9.87. The van der Waals surface area contributed by atoms with Crippen molar-refractivity contribution in [2.75, 3.05) is 0 Å². The first-order valence-corrected chi connectivity index (χ1v) is 6.04.